The molecule has 1 aromatic heterocycles. The number of H-pyrrole nitrogens is 1. The number of hydrogen-bond acceptors (Lipinski definition) is 3. The Morgan fingerprint density at radius 1 is 1.20 bits per heavy atom. The molecule has 25 heavy (non-hydrogen) atoms. The molecule has 1 aliphatic rings. The van der Waals surface area contributed by atoms with Crippen LogP contribution in [0, 0.1) is 5.82 Å². The Morgan fingerprint density at radius 2 is 2.00 bits per heavy atom. The summed E-state index contributed by atoms with van der Waals surface area (Å²) in [5, 5.41) is 0. The first-order valence-corrected chi connectivity index (χ1v) is 8.72. The number of imidazole rings is 1. The summed E-state index contributed by atoms with van der Waals surface area (Å²) in [5.41, 5.74) is 4.18. The molecule has 2 heterocycles. The molecular formula is C20H23FN4. The van der Waals surface area contributed by atoms with E-state index in [0.717, 1.165) is 42.9 Å². The van der Waals surface area contributed by atoms with Crippen molar-refractivity contribution in [2.45, 2.75) is 18.9 Å². The lowest BCUT2D eigenvalue weighted by molar-refractivity contribution is 0.326. The fraction of sp³-hybridized carbons (Fsp3) is 0.350. The van der Waals surface area contributed by atoms with E-state index in [1.54, 1.807) is 6.07 Å². The van der Waals surface area contributed by atoms with E-state index in [1.165, 1.54) is 23.4 Å². The Balaban J connectivity index is 1.43. The molecule has 5 heteroatoms. The molecule has 0 bridgehead atoms. The molecule has 1 N–H and O–H groups in total. The molecule has 0 spiro atoms. The topological polar surface area (TPSA) is 35.2 Å². The van der Waals surface area contributed by atoms with Crippen LogP contribution in [0.1, 0.15) is 23.7 Å². The zero-order valence-corrected chi connectivity index (χ0v) is 14.7. The first-order valence-electron chi connectivity index (χ1n) is 8.72. The van der Waals surface area contributed by atoms with Crippen molar-refractivity contribution in [3.63, 3.8) is 0 Å². The molecule has 0 saturated carbocycles. The second kappa shape index (κ2) is 6.48. The Bertz CT molecular complexity index is 869. The second-order valence-corrected chi connectivity index (χ2v) is 7.07. The summed E-state index contributed by atoms with van der Waals surface area (Å²) in [6.07, 6.45) is 1.08. The number of nitrogens with one attached hydrogen (secondary N) is 1. The molecule has 0 radical (unpaired) electrons. The number of anilines is 1. The van der Waals surface area contributed by atoms with Gasteiger partial charge in [-0.25, -0.2) is 9.37 Å². The summed E-state index contributed by atoms with van der Waals surface area (Å²) in [5.74, 6) is 1.14. The number of fused-ring (bicyclic) bond motifs is 1. The van der Waals surface area contributed by atoms with Crippen molar-refractivity contribution < 1.29 is 4.39 Å². The minimum absolute atomic E-state index is 0.225. The Labute approximate surface area is 147 Å². The van der Waals surface area contributed by atoms with Gasteiger partial charge in [-0.05, 0) is 48.9 Å². The van der Waals surface area contributed by atoms with E-state index in [9.17, 15) is 4.39 Å². The monoisotopic (exact) mass is 338 g/mol. The van der Waals surface area contributed by atoms with Crippen LogP contribution in [0.2, 0.25) is 0 Å². The average Bonchev–Trinajstić information content (AvgIpc) is 3.21. The van der Waals surface area contributed by atoms with Crippen LogP contribution < -0.4 is 4.90 Å². The van der Waals surface area contributed by atoms with Gasteiger partial charge >= 0.3 is 0 Å². The van der Waals surface area contributed by atoms with Crippen molar-refractivity contribution in [2.24, 2.45) is 0 Å². The molecule has 0 aliphatic carbocycles. The van der Waals surface area contributed by atoms with E-state index in [0.29, 0.717) is 5.92 Å². The lowest BCUT2D eigenvalue weighted by Crippen LogP contribution is -2.20. The van der Waals surface area contributed by atoms with E-state index < -0.39 is 0 Å². The van der Waals surface area contributed by atoms with Gasteiger partial charge in [-0.3, -0.25) is 4.90 Å². The predicted molar refractivity (Wildman–Crippen MR) is 99.5 cm³/mol. The quantitative estimate of drug-likeness (QED) is 0.787. The summed E-state index contributed by atoms with van der Waals surface area (Å²) in [7, 11) is 4.11. The van der Waals surface area contributed by atoms with Gasteiger partial charge in [-0.15, -0.1) is 0 Å². The maximum atomic E-state index is 13.3. The number of aromatic amines is 1. The van der Waals surface area contributed by atoms with Crippen LogP contribution in [-0.4, -0.2) is 42.1 Å². The number of likely N-dealkylation sites (tertiary alicyclic amines) is 1. The standard InChI is InChI=1S/C20H23FN4/c1-24(2)17-6-3-14(4-7-17)12-25-10-9-15(13-25)20-22-18-8-5-16(21)11-19(18)23-20/h3-8,11,15H,9-10,12-13H2,1-2H3,(H,22,23). The molecule has 0 amide bonds. The highest BCUT2D eigenvalue weighted by atomic mass is 19.1. The lowest BCUT2D eigenvalue weighted by Gasteiger charge is -2.17. The van der Waals surface area contributed by atoms with Gasteiger partial charge in [0.25, 0.3) is 0 Å². The van der Waals surface area contributed by atoms with Gasteiger partial charge in [-0.1, -0.05) is 12.1 Å². The molecule has 1 fully saturated rings. The largest absolute Gasteiger partial charge is 0.378 e. The van der Waals surface area contributed by atoms with E-state index in [-0.39, 0.29) is 5.82 Å². The third kappa shape index (κ3) is 3.37. The highest BCUT2D eigenvalue weighted by molar-refractivity contribution is 5.75. The highest BCUT2D eigenvalue weighted by Gasteiger charge is 2.26. The molecule has 1 saturated heterocycles. The second-order valence-electron chi connectivity index (χ2n) is 7.07. The summed E-state index contributed by atoms with van der Waals surface area (Å²) in [6.45, 7) is 3.00. The molecule has 2 aromatic carbocycles. The molecule has 4 rings (SSSR count). The predicted octanol–water partition coefficient (Wildman–Crippen LogP) is 3.76. The summed E-state index contributed by atoms with van der Waals surface area (Å²) >= 11 is 0. The number of rotatable bonds is 4. The first-order chi connectivity index (χ1) is 12.1. The van der Waals surface area contributed by atoms with Crippen LogP contribution in [0.25, 0.3) is 11.0 Å². The molecule has 4 nitrogen and oxygen atoms in total. The molecular weight excluding hydrogens is 315 g/mol. The van der Waals surface area contributed by atoms with Crippen LogP contribution >= 0.6 is 0 Å². The molecule has 1 unspecified atom stereocenters. The zero-order valence-electron chi connectivity index (χ0n) is 14.7. The average molecular weight is 338 g/mol. The van der Waals surface area contributed by atoms with Crippen molar-refractivity contribution in [1.29, 1.82) is 0 Å². The number of benzene rings is 2. The van der Waals surface area contributed by atoms with Crippen molar-refractivity contribution in [1.82, 2.24) is 14.9 Å². The van der Waals surface area contributed by atoms with Crippen LogP contribution in [0.3, 0.4) is 0 Å². The van der Waals surface area contributed by atoms with Crippen LogP contribution in [0.15, 0.2) is 42.5 Å². The molecule has 130 valence electrons. The number of aromatic nitrogens is 2. The summed E-state index contributed by atoms with van der Waals surface area (Å²) < 4.78 is 13.3. The number of nitrogens with zero attached hydrogens (tertiary/aromatic N) is 3. The third-order valence-corrected chi connectivity index (χ3v) is 4.98. The van der Waals surface area contributed by atoms with Crippen LogP contribution in [0.4, 0.5) is 10.1 Å². The Hall–Kier alpha value is -2.40. The van der Waals surface area contributed by atoms with Crippen molar-refractivity contribution >= 4 is 16.7 Å². The van der Waals surface area contributed by atoms with Crippen molar-refractivity contribution in [3.8, 4) is 0 Å². The molecule has 1 aliphatic heterocycles. The summed E-state index contributed by atoms with van der Waals surface area (Å²) in [4.78, 5) is 12.5. The van der Waals surface area contributed by atoms with Gasteiger partial charge < -0.3 is 9.88 Å². The Kier molecular flexibility index (Phi) is 4.17. The van der Waals surface area contributed by atoms with E-state index in [2.05, 4.69) is 58.1 Å². The van der Waals surface area contributed by atoms with Gasteiger partial charge in [0, 0.05) is 38.8 Å². The van der Waals surface area contributed by atoms with Crippen LogP contribution in [-0.2, 0) is 6.54 Å². The first kappa shape index (κ1) is 16.1. The SMILES string of the molecule is CN(C)c1ccc(CN2CCC(c3nc4ccc(F)cc4[nH]3)C2)cc1. The molecule has 3 aromatic rings. The fourth-order valence-corrected chi connectivity index (χ4v) is 3.55. The maximum Gasteiger partial charge on any atom is 0.125 e. The van der Waals surface area contributed by atoms with Gasteiger partial charge in [0.05, 0.1) is 11.0 Å². The van der Waals surface area contributed by atoms with Gasteiger partial charge in [0.15, 0.2) is 0 Å². The van der Waals surface area contributed by atoms with Gasteiger partial charge in [-0.2, -0.15) is 0 Å². The number of hydrogen-bond donors (Lipinski definition) is 1. The van der Waals surface area contributed by atoms with Crippen molar-refractivity contribution in [2.75, 3.05) is 32.1 Å². The molecule has 1 atom stereocenters. The van der Waals surface area contributed by atoms with E-state index >= 15 is 0 Å². The minimum Gasteiger partial charge on any atom is -0.378 e. The van der Waals surface area contributed by atoms with E-state index in [4.69, 9.17) is 0 Å². The zero-order chi connectivity index (χ0) is 17.4. The number of halogens is 1. The highest BCUT2D eigenvalue weighted by Crippen LogP contribution is 2.28. The van der Waals surface area contributed by atoms with E-state index in [1.807, 2.05) is 0 Å². The lowest BCUT2D eigenvalue weighted by atomic mass is 10.1. The van der Waals surface area contributed by atoms with Crippen LogP contribution in [0.5, 0.6) is 0 Å². The maximum absolute atomic E-state index is 13.3. The van der Waals surface area contributed by atoms with Gasteiger partial charge in [0.2, 0.25) is 0 Å². The smallest absolute Gasteiger partial charge is 0.125 e. The minimum atomic E-state index is -0.225. The normalized spacial score (nSPS) is 18.1. The Morgan fingerprint density at radius 3 is 2.76 bits per heavy atom. The fourth-order valence-electron chi connectivity index (χ4n) is 3.55. The summed E-state index contributed by atoms with van der Waals surface area (Å²) in [6, 6.07) is 13.5. The van der Waals surface area contributed by atoms with Crippen molar-refractivity contribution in [3.05, 3.63) is 59.7 Å². The van der Waals surface area contributed by atoms with Gasteiger partial charge in [0.1, 0.15) is 11.6 Å². The third-order valence-electron chi connectivity index (χ3n) is 4.98.